The molecule has 112 valence electrons. The number of aromatic nitrogens is 2. The first kappa shape index (κ1) is 15.0. The van der Waals surface area contributed by atoms with Crippen molar-refractivity contribution >= 4 is 5.91 Å². The number of amides is 1. The third-order valence-corrected chi connectivity index (χ3v) is 3.73. The van der Waals surface area contributed by atoms with E-state index in [1.54, 1.807) is 6.20 Å². The molecular weight excluding hydrogens is 254 g/mol. The Labute approximate surface area is 120 Å². The first-order valence-corrected chi connectivity index (χ1v) is 7.47. The minimum atomic E-state index is -0.0303. The molecule has 1 N–H and O–H groups in total. The highest BCUT2D eigenvalue weighted by Crippen LogP contribution is 2.20. The Morgan fingerprint density at radius 3 is 3.10 bits per heavy atom. The summed E-state index contributed by atoms with van der Waals surface area (Å²) in [7, 11) is 0. The lowest BCUT2D eigenvalue weighted by molar-refractivity contribution is -0.133. The van der Waals surface area contributed by atoms with Crippen molar-refractivity contribution in [3.63, 3.8) is 0 Å². The normalized spacial score (nSPS) is 23.0. The van der Waals surface area contributed by atoms with Crippen LogP contribution in [0.25, 0.3) is 0 Å². The van der Waals surface area contributed by atoms with Crippen LogP contribution in [0.5, 0.6) is 0 Å². The molecule has 5 nitrogen and oxygen atoms in total. The van der Waals surface area contributed by atoms with E-state index in [2.05, 4.69) is 28.7 Å². The summed E-state index contributed by atoms with van der Waals surface area (Å²) in [6.07, 6.45) is 5.64. The van der Waals surface area contributed by atoms with E-state index >= 15 is 0 Å². The van der Waals surface area contributed by atoms with Gasteiger partial charge in [0.2, 0.25) is 5.91 Å². The van der Waals surface area contributed by atoms with Crippen molar-refractivity contribution in [2.75, 3.05) is 6.61 Å². The van der Waals surface area contributed by atoms with Crippen LogP contribution in [0.1, 0.15) is 39.4 Å². The van der Waals surface area contributed by atoms with Gasteiger partial charge in [-0.25, -0.2) is 4.98 Å². The van der Waals surface area contributed by atoms with Crippen LogP contribution in [0, 0.1) is 11.8 Å². The van der Waals surface area contributed by atoms with E-state index in [1.165, 1.54) is 0 Å². The second-order valence-corrected chi connectivity index (χ2v) is 5.93. The van der Waals surface area contributed by atoms with Gasteiger partial charge in [-0.1, -0.05) is 13.8 Å². The maximum Gasteiger partial charge on any atom is 0.226 e. The molecule has 1 saturated heterocycles. The van der Waals surface area contributed by atoms with Gasteiger partial charge in [-0.15, -0.1) is 0 Å². The molecule has 0 aliphatic carbocycles. The first-order chi connectivity index (χ1) is 9.58. The third-order valence-electron chi connectivity index (χ3n) is 3.73. The molecule has 1 aromatic rings. The molecular formula is C15H25N3O2. The number of carbonyl (C=O) groups excluding carboxylic acids is 1. The number of hydrogen-bond acceptors (Lipinski definition) is 3. The van der Waals surface area contributed by atoms with Crippen LogP contribution in [-0.2, 0) is 22.6 Å². The maximum atomic E-state index is 12.2. The van der Waals surface area contributed by atoms with E-state index in [0.717, 1.165) is 31.8 Å². The zero-order valence-electron chi connectivity index (χ0n) is 12.6. The van der Waals surface area contributed by atoms with Crippen LogP contribution < -0.4 is 5.32 Å². The van der Waals surface area contributed by atoms with E-state index < -0.39 is 0 Å². The van der Waals surface area contributed by atoms with Crippen molar-refractivity contribution in [1.82, 2.24) is 14.9 Å². The number of ether oxygens (including phenoxy) is 1. The second kappa shape index (κ2) is 6.88. The SMILES string of the molecule is CC(C)Cn1ccnc1CNC(=O)[C@H]1CCCO[C@@H]1C. The van der Waals surface area contributed by atoms with E-state index in [9.17, 15) is 4.79 Å². The number of nitrogens with one attached hydrogen (secondary N) is 1. The Morgan fingerprint density at radius 2 is 2.40 bits per heavy atom. The van der Waals surface area contributed by atoms with Gasteiger partial charge in [0.15, 0.2) is 0 Å². The Kier molecular flexibility index (Phi) is 5.17. The summed E-state index contributed by atoms with van der Waals surface area (Å²) >= 11 is 0. The van der Waals surface area contributed by atoms with Crippen LogP contribution in [0.15, 0.2) is 12.4 Å². The van der Waals surface area contributed by atoms with Gasteiger partial charge < -0.3 is 14.6 Å². The van der Waals surface area contributed by atoms with Crippen LogP contribution in [0.3, 0.4) is 0 Å². The number of rotatable bonds is 5. The molecule has 1 aromatic heterocycles. The van der Waals surface area contributed by atoms with Crippen molar-refractivity contribution in [2.45, 2.75) is 52.8 Å². The molecule has 0 saturated carbocycles. The molecule has 0 aromatic carbocycles. The average molecular weight is 279 g/mol. The standard InChI is InChI=1S/C15H25N3O2/c1-11(2)10-18-7-6-16-14(18)9-17-15(19)13-5-4-8-20-12(13)3/h6-7,11-13H,4-5,8-10H2,1-3H3,(H,17,19)/t12-,13+/m1/s1. The van der Waals surface area contributed by atoms with Crippen LogP contribution in [0.2, 0.25) is 0 Å². The van der Waals surface area contributed by atoms with E-state index in [4.69, 9.17) is 4.74 Å². The van der Waals surface area contributed by atoms with Gasteiger partial charge in [0.05, 0.1) is 18.6 Å². The number of nitrogens with zero attached hydrogens (tertiary/aromatic N) is 2. The smallest absolute Gasteiger partial charge is 0.226 e. The Bertz CT molecular complexity index is 442. The number of carbonyl (C=O) groups is 1. The van der Waals surface area contributed by atoms with Gasteiger partial charge in [-0.05, 0) is 25.7 Å². The Balaban J connectivity index is 1.88. The molecule has 1 amide bonds. The van der Waals surface area contributed by atoms with Gasteiger partial charge >= 0.3 is 0 Å². The molecule has 20 heavy (non-hydrogen) atoms. The fourth-order valence-corrected chi connectivity index (χ4v) is 2.63. The van der Waals surface area contributed by atoms with Gasteiger partial charge in [-0.3, -0.25) is 4.79 Å². The van der Waals surface area contributed by atoms with Gasteiger partial charge in [0, 0.05) is 25.5 Å². The van der Waals surface area contributed by atoms with Gasteiger partial charge in [0.25, 0.3) is 0 Å². The number of imidazole rings is 1. The molecule has 2 heterocycles. The van der Waals surface area contributed by atoms with E-state index in [-0.39, 0.29) is 17.9 Å². The molecule has 0 bridgehead atoms. The largest absolute Gasteiger partial charge is 0.378 e. The summed E-state index contributed by atoms with van der Waals surface area (Å²) in [6.45, 7) is 8.50. The lowest BCUT2D eigenvalue weighted by Crippen LogP contribution is -2.40. The minimum Gasteiger partial charge on any atom is -0.378 e. The van der Waals surface area contributed by atoms with Crippen molar-refractivity contribution < 1.29 is 9.53 Å². The topological polar surface area (TPSA) is 56.2 Å². The molecule has 1 aliphatic rings. The van der Waals surface area contributed by atoms with Crippen molar-refractivity contribution in [1.29, 1.82) is 0 Å². The molecule has 1 fully saturated rings. The highest BCUT2D eigenvalue weighted by Gasteiger charge is 2.28. The Morgan fingerprint density at radius 1 is 1.60 bits per heavy atom. The maximum absolute atomic E-state index is 12.2. The summed E-state index contributed by atoms with van der Waals surface area (Å²) in [5.41, 5.74) is 0. The lowest BCUT2D eigenvalue weighted by Gasteiger charge is -2.28. The summed E-state index contributed by atoms with van der Waals surface area (Å²) in [4.78, 5) is 16.5. The zero-order valence-corrected chi connectivity index (χ0v) is 12.6. The van der Waals surface area contributed by atoms with Gasteiger partial charge in [0.1, 0.15) is 5.82 Å². The van der Waals surface area contributed by atoms with Crippen LogP contribution >= 0.6 is 0 Å². The quantitative estimate of drug-likeness (QED) is 0.896. The summed E-state index contributed by atoms with van der Waals surface area (Å²) in [6, 6.07) is 0. The predicted molar refractivity (Wildman–Crippen MR) is 77.0 cm³/mol. The summed E-state index contributed by atoms with van der Waals surface area (Å²) < 4.78 is 7.65. The molecule has 2 rings (SSSR count). The monoisotopic (exact) mass is 279 g/mol. The molecule has 1 aliphatic heterocycles. The molecule has 2 atom stereocenters. The second-order valence-electron chi connectivity index (χ2n) is 5.93. The summed E-state index contributed by atoms with van der Waals surface area (Å²) in [5.74, 6) is 1.52. The average Bonchev–Trinajstić information content (AvgIpc) is 2.83. The van der Waals surface area contributed by atoms with E-state index in [0.29, 0.717) is 12.5 Å². The van der Waals surface area contributed by atoms with Crippen LogP contribution in [-0.4, -0.2) is 28.2 Å². The van der Waals surface area contributed by atoms with E-state index in [1.807, 2.05) is 13.1 Å². The fraction of sp³-hybridized carbons (Fsp3) is 0.733. The molecule has 0 spiro atoms. The third kappa shape index (κ3) is 3.82. The molecule has 5 heteroatoms. The lowest BCUT2D eigenvalue weighted by atomic mass is 9.94. The molecule has 0 radical (unpaired) electrons. The summed E-state index contributed by atoms with van der Waals surface area (Å²) in [5, 5.41) is 3.00. The highest BCUT2D eigenvalue weighted by atomic mass is 16.5. The predicted octanol–water partition coefficient (Wildman–Crippen LogP) is 1.97. The van der Waals surface area contributed by atoms with Crippen molar-refractivity contribution in [3.05, 3.63) is 18.2 Å². The van der Waals surface area contributed by atoms with Crippen LogP contribution in [0.4, 0.5) is 0 Å². The van der Waals surface area contributed by atoms with Gasteiger partial charge in [-0.2, -0.15) is 0 Å². The fourth-order valence-electron chi connectivity index (χ4n) is 2.63. The first-order valence-electron chi connectivity index (χ1n) is 7.47. The van der Waals surface area contributed by atoms with Crippen molar-refractivity contribution in [3.8, 4) is 0 Å². The highest BCUT2D eigenvalue weighted by molar-refractivity contribution is 5.79. The Hall–Kier alpha value is -1.36. The van der Waals surface area contributed by atoms with Crippen molar-refractivity contribution in [2.24, 2.45) is 11.8 Å². The molecule has 0 unspecified atom stereocenters. The zero-order chi connectivity index (χ0) is 14.5. The minimum absolute atomic E-state index is 0.0131. The number of hydrogen-bond donors (Lipinski definition) is 1.